The Kier molecular flexibility index (Phi) is 6.45. The SMILES string of the molecule is Nc1nccc2cc(CCC(=O)c3cc(Cl)cnc3NCC3CCOCC3)ccc12. The first-order chi connectivity index (χ1) is 14.6. The highest BCUT2D eigenvalue weighted by Gasteiger charge is 2.17. The van der Waals surface area contributed by atoms with E-state index in [-0.39, 0.29) is 5.78 Å². The van der Waals surface area contributed by atoms with Crippen molar-refractivity contribution < 1.29 is 9.53 Å². The largest absolute Gasteiger partial charge is 0.383 e. The monoisotopic (exact) mass is 424 g/mol. The maximum atomic E-state index is 13.0. The number of nitrogens with one attached hydrogen (secondary N) is 1. The predicted molar refractivity (Wildman–Crippen MR) is 120 cm³/mol. The van der Waals surface area contributed by atoms with Crippen LogP contribution in [0.15, 0.2) is 42.7 Å². The van der Waals surface area contributed by atoms with Gasteiger partial charge in [0, 0.05) is 44.0 Å². The number of rotatable bonds is 7. The molecule has 0 amide bonds. The number of carbonyl (C=O) groups is 1. The number of aromatic nitrogens is 2. The lowest BCUT2D eigenvalue weighted by atomic mass is 9.99. The highest BCUT2D eigenvalue weighted by Crippen LogP contribution is 2.24. The molecule has 0 unspecified atom stereocenters. The molecule has 3 aromatic rings. The fourth-order valence-electron chi connectivity index (χ4n) is 3.78. The molecule has 0 bridgehead atoms. The summed E-state index contributed by atoms with van der Waals surface area (Å²) in [5.74, 6) is 1.67. The van der Waals surface area contributed by atoms with Crippen LogP contribution in [0.2, 0.25) is 5.02 Å². The van der Waals surface area contributed by atoms with E-state index < -0.39 is 0 Å². The number of fused-ring (bicyclic) bond motifs is 1. The zero-order chi connectivity index (χ0) is 20.9. The van der Waals surface area contributed by atoms with Crippen molar-refractivity contribution in [1.82, 2.24) is 9.97 Å². The van der Waals surface area contributed by atoms with Crippen LogP contribution < -0.4 is 11.1 Å². The zero-order valence-electron chi connectivity index (χ0n) is 16.7. The van der Waals surface area contributed by atoms with Gasteiger partial charge in [-0.25, -0.2) is 9.97 Å². The standard InChI is InChI=1S/C23H25ClN4O2/c24-18-12-20(23(28-14-18)27-13-16-6-9-30-10-7-16)21(29)4-2-15-1-3-19-17(11-15)5-8-26-22(19)25/h1,3,5,8,11-12,14,16H,2,4,6-7,9-10,13H2,(H2,25,26)(H,27,28). The van der Waals surface area contributed by atoms with E-state index in [0.29, 0.717) is 41.0 Å². The second-order valence-corrected chi connectivity index (χ2v) is 8.10. The van der Waals surface area contributed by atoms with Crippen molar-refractivity contribution in [3.63, 3.8) is 0 Å². The minimum atomic E-state index is 0.0221. The third-order valence-corrected chi connectivity index (χ3v) is 5.76. The van der Waals surface area contributed by atoms with Crippen LogP contribution in [0.3, 0.4) is 0 Å². The van der Waals surface area contributed by atoms with Crippen molar-refractivity contribution in [3.05, 3.63) is 58.9 Å². The van der Waals surface area contributed by atoms with E-state index >= 15 is 0 Å². The number of hydrogen-bond acceptors (Lipinski definition) is 6. The molecule has 2 aromatic heterocycles. The summed E-state index contributed by atoms with van der Waals surface area (Å²) >= 11 is 6.13. The van der Waals surface area contributed by atoms with E-state index in [2.05, 4.69) is 21.4 Å². The summed E-state index contributed by atoms with van der Waals surface area (Å²) < 4.78 is 5.41. The van der Waals surface area contributed by atoms with Gasteiger partial charge in [-0.1, -0.05) is 29.8 Å². The molecule has 0 saturated carbocycles. The molecular weight excluding hydrogens is 400 g/mol. The molecule has 0 atom stereocenters. The Bertz CT molecular complexity index is 1050. The highest BCUT2D eigenvalue weighted by atomic mass is 35.5. The van der Waals surface area contributed by atoms with E-state index in [1.54, 1.807) is 18.5 Å². The summed E-state index contributed by atoms with van der Waals surface area (Å²) in [6, 6.07) is 9.64. The molecule has 3 N–H and O–H groups in total. The van der Waals surface area contributed by atoms with Crippen LogP contribution in [-0.2, 0) is 11.2 Å². The van der Waals surface area contributed by atoms with Gasteiger partial charge >= 0.3 is 0 Å². The molecule has 1 aromatic carbocycles. The smallest absolute Gasteiger partial charge is 0.166 e. The van der Waals surface area contributed by atoms with E-state index in [1.165, 1.54) is 0 Å². The summed E-state index contributed by atoms with van der Waals surface area (Å²) in [5.41, 5.74) is 7.54. The summed E-state index contributed by atoms with van der Waals surface area (Å²) in [6.07, 6.45) is 6.31. The number of ketones is 1. The predicted octanol–water partition coefficient (Wildman–Crippen LogP) is 4.52. The zero-order valence-corrected chi connectivity index (χ0v) is 17.5. The topological polar surface area (TPSA) is 90.1 Å². The number of benzene rings is 1. The summed E-state index contributed by atoms with van der Waals surface area (Å²) in [7, 11) is 0. The fraction of sp³-hybridized carbons (Fsp3) is 0.348. The first kappa shape index (κ1) is 20.6. The van der Waals surface area contributed by atoms with Crippen molar-refractivity contribution in [2.24, 2.45) is 5.92 Å². The summed E-state index contributed by atoms with van der Waals surface area (Å²) in [5, 5.41) is 5.76. The molecule has 30 heavy (non-hydrogen) atoms. The molecular formula is C23H25ClN4O2. The van der Waals surface area contributed by atoms with E-state index in [4.69, 9.17) is 22.1 Å². The van der Waals surface area contributed by atoms with Gasteiger partial charge in [-0.3, -0.25) is 4.79 Å². The number of carbonyl (C=O) groups excluding carboxylic acids is 1. The van der Waals surface area contributed by atoms with Gasteiger partial charge in [0.15, 0.2) is 5.78 Å². The van der Waals surface area contributed by atoms with Gasteiger partial charge in [0.2, 0.25) is 0 Å². The maximum Gasteiger partial charge on any atom is 0.166 e. The molecule has 0 spiro atoms. The average Bonchev–Trinajstić information content (AvgIpc) is 2.77. The van der Waals surface area contributed by atoms with Gasteiger partial charge in [0.25, 0.3) is 0 Å². The molecule has 1 aliphatic rings. The van der Waals surface area contributed by atoms with Crippen molar-refractivity contribution in [2.75, 3.05) is 30.8 Å². The van der Waals surface area contributed by atoms with Crippen molar-refractivity contribution in [3.8, 4) is 0 Å². The van der Waals surface area contributed by atoms with Crippen LogP contribution in [0.25, 0.3) is 10.8 Å². The quantitative estimate of drug-likeness (QED) is 0.542. The fourth-order valence-corrected chi connectivity index (χ4v) is 3.94. The number of hydrogen-bond donors (Lipinski definition) is 2. The van der Waals surface area contributed by atoms with E-state index in [9.17, 15) is 4.79 Å². The van der Waals surface area contributed by atoms with Crippen LogP contribution in [-0.4, -0.2) is 35.5 Å². The van der Waals surface area contributed by atoms with Gasteiger partial charge in [-0.05, 0) is 48.3 Å². The Labute approximate surface area is 180 Å². The van der Waals surface area contributed by atoms with Crippen LogP contribution >= 0.6 is 11.6 Å². The lowest BCUT2D eigenvalue weighted by Gasteiger charge is -2.23. The Morgan fingerprint density at radius 3 is 2.87 bits per heavy atom. The maximum absolute atomic E-state index is 13.0. The second kappa shape index (κ2) is 9.41. The molecule has 7 heteroatoms. The van der Waals surface area contributed by atoms with Gasteiger partial charge < -0.3 is 15.8 Å². The number of nitrogen functional groups attached to an aromatic ring is 1. The van der Waals surface area contributed by atoms with E-state index in [1.807, 2.05) is 18.2 Å². The van der Waals surface area contributed by atoms with Gasteiger partial charge in [0.1, 0.15) is 11.6 Å². The number of nitrogens with two attached hydrogens (primary N) is 1. The average molecular weight is 425 g/mol. The van der Waals surface area contributed by atoms with Gasteiger partial charge in [-0.15, -0.1) is 0 Å². The first-order valence-electron chi connectivity index (χ1n) is 10.2. The van der Waals surface area contributed by atoms with Crippen LogP contribution in [0.5, 0.6) is 0 Å². The molecule has 0 aliphatic carbocycles. The van der Waals surface area contributed by atoms with Crippen LogP contribution in [0.4, 0.5) is 11.6 Å². The number of ether oxygens (including phenoxy) is 1. The van der Waals surface area contributed by atoms with Gasteiger partial charge in [-0.2, -0.15) is 0 Å². The lowest BCUT2D eigenvalue weighted by Crippen LogP contribution is -2.23. The highest BCUT2D eigenvalue weighted by molar-refractivity contribution is 6.31. The summed E-state index contributed by atoms with van der Waals surface area (Å²) in [6.45, 7) is 2.36. The number of Topliss-reactive ketones (excluding diaryl/α,β-unsaturated/α-hetero) is 1. The molecule has 1 fully saturated rings. The minimum Gasteiger partial charge on any atom is -0.383 e. The van der Waals surface area contributed by atoms with Crippen LogP contribution in [0, 0.1) is 5.92 Å². The third kappa shape index (κ3) is 4.89. The molecule has 3 heterocycles. The Hall–Kier alpha value is -2.70. The Morgan fingerprint density at radius 2 is 2.03 bits per heavy atom. The third-order valence-electron chi connectivity index (χ3n) is 5.55. The van der Waals surface area contributed by atoms with Crippen LogP contribution in [0.1, 0.15) is 35.2 Å². The number of nitrogens with zero attached hydrogens (tertiary/aromatic N) is 2. The molecule has 4 rings (SSSR count). The van der Waals surface area contributed by atoms with Crippen molar-refractivity contribution in [2.45, 2.75) is 25.7 Å². The molecule has 0 radical (unpaired) electrons. The van der Waals surface area contributed by atoms with Gasteiger partial charge in [0.05, 0.1) is 10.6 Å². The number of pyridine rings is 2. The summed E-state index contributed by atoms with van der Waals surface area (Å²) in [4.78, 5) is 21.5. The number of halogens is 1. The Morgan fingerprint density at radius 1 is 1.20 bits per heavy atom. The van der Waals surface area contributed by atoms with E-state index in [0.717, 1.165) is 48.9 Å². The number of anilines is 2. The molecule has 1 aliphatic heterocycles. The lowest BCUT2D eigenvalue weighted by molar-refractivity contribution is 0.0699. The van der Waals surface area contributed by atoms with Crippen molar-refractivity contribution >= 4 is 39.8 Å². The first-order valence-corrected chi connectivity index (χ1v) is 10.6. The van der Waals surface area contributed by atoms with Crippen molar-refractivity contribution in [1.29, 1.82) is 0 Å². The molecule has 6 nitrogen and oxygen atoms in total. The minimum absolute atomic E-state index is 0.0221. The molecule has 1 saturated heterocycles. The second-order valence-electron chi connectivity index (χ2n) is 7.66. The number of aryl methyl sites for hydroxylation is 1. The Balaban J connectivity index is 1.44. The molecule has 156 valence electrons. The normalized spacial score (nSPS) is 14.7.